The van der Waals surface area contributed by atoms with Crippen molar-refractivity contribution >= 4 is 15.7 Å². The first-order valence-corrected chi connectivity index (χ1v) is 9.59. The summed E-state index contributed by atoms with van der Waals surface area (Å²) in [5.74, 6) is 0.516. The average molecular weight is 320 g/mol. The number of rotatable bonds is 8. The SMILES string of the molecule is CC(C)[C@H]1CN(CCCO)C[C@@H]1NC(=O)CCS(C)(=O)=O. The van der Waals surface area contributed by atoms with Crippen LogP contribution in [-0.2, 0) is 14.6 Å². The van der Waals surface area contributed by atoms with Gasteiger partial charge in [-0.15, -0.1) is 0 Å². The number of aliphatic hydroxyl groups excluding tert-OH is 1. The molecule has 1 saturated heterocycles. The van der Waals surface area contributed by atoms with Gasteiger partial charge < -0.3 is 15.3 Å². The van der Waals surface area contributed by atoms with Gasteiger partial charge in [0, 0.05) is 45.0 Å². The third kappa shape index (κ3) is 6.76. The minimum atomic E-state index is -3.10. The summed E-state index contributed by atoms with van der Waals surface area (Å²) in [5.41, 5.74) is 0. The molecule has 0 unspecified atom stereocenters. The highest BCUT2D eigenvalue weighted by atomic mass is 32.2. The lowest BCUT2D eigenvalue weighted by Crippen LogP contribution is -2.42. The first-order valence-electron chi connectivity index (χ1n) is 7.53. The molecule has 0 spiro atoms. The lowest BCUT2D eigenvalue weighted by Gasteiger charge is -2.22. The first kappa shape index (κ1) is 18.4. The number of carbonyl (C=O) groups excluding carboxylic acids is 1. The lowest BCUT2D eigenvalue weighted by atomic mass is 9.91. The molecule has 0 saturated carbocycles. The van der Waals surface area contributed by atoms with Crippen molar-refractivity contribution in [3.8, 4) is 0 Å². The maximum absolute atomic E-state index is 11.9. The van der Waals surface area contributed by atoms with Crippen LogP contribution in [0.5, 0.6) is 0 Å². The second-order valence-electron chi connectivity index (χ2n) is 6.30. The smallest absolute Gasteiger partial charge is 0.221 e. The van der Waals surface area contributed by atoms with E-state index in [0.29, 0.717) is 11.8 Å². The van der Waals surface area contributed by atoms with Crippen molar-refractivity contribution < 1.29 is 18.3 Å². The van der Waals surface area contributed by atoms with Crippen LogP contribution in [-0.4, -0.2) is 68.6 Å². The molecule has 2 N–H and O–H groups in total. The summed E-state index contributed by atoms with van der Waals surface area (Å²) >= 11 is 0. The van der Waals surface area contributed by atoms with E-state index in [2.05, 4.69) is 24.1 Å². The first-order chi connectivity index (χ1) is 9.73. The van der Waals surface area contributed by atoms with Gasteiger partial charge in [0.05, 0.1) is 5.75 Å². The molecule has 21 heavy (non-hydrogen) atoms. The number of nitrogens with zero attached hydrogens (tertiary/aromatic N) is 1. The van der Waals surface area contributed by atoms with Crippen molar-refractivity contribution in [1.29, 1.82) is 0 Å². The van der Waals surface area contributed by atoms with Gasteiger partial charge in [-0.05, 0) is 18.3 Å². The van der Waals surface area contributed by atoms with Gasteiger partial charge in [0.25, 0.3) is 0 Å². The van der Waals surface area contributed by atoms with Gasteiger partial charge in [0.1, 0.15) is 9.84 Å². The predicted molar refractivity (Wildman–Crippen MR) is 82.7 cm³/mol. The molecule has 0 aromatic carbocycles. The van der Waals surface area contributed by atoms with E-state index in [1.165, 1.54) is 0 Å². The Morgan fingerprint density at radius 3 is 2.57 bits per heavy atom. The molecule has 6 nitrogen and oxygen atoms in total. The van der Waals surface area contributed by atoms with Crippen molar-refractivity contribution in [3.63, 3.8) is 0 Å². The summed E-state index contributed by atoms with van der Waals surface area (Å²) < 4.78 is 22.2. The van der Waals surface area contributed by atoms with Gasteiger partial charge in [-0.1, -0.05) is 13.8 Å². The van der Waals surface area contributed by atoms with Gasteiger partial charge in [0.15, 0.2) is 0 Å². The molecule has 0 aromatic heterocycles. The second-order valence-corrected chi connectivity index (χ2v) is 8.56. The highest BCUT2D eigenvalue weighted by Crippen LogP contribution is 2.24. The fourth-order valence-corrected chi connectivity index (χ4v) is 3.33. The zero-order valence-corrected chi connectivity index (χ0v) is 14.0. The van der Waals surface area contributed by atoms with Crippen LogP contribution in [0, 0.1) is 11.8 Å². The molecule has 7 heteroatoms. The van der Waals surface area contributed by atoms with Gasteiger partial charge in [-0.3, -0.25) is 4.79 Å². The number of hydrogen-bond acceptors (Lipinski definition) is 5. The predicted octanol–water partition coefficient (Wildman–Crippen LogP) is -0.124. The molecule has 1 amide bonds. The van der Waals surface area contributed by atoms with E-state index in [-0.39, 0.29) is 30.7 Å². The van der Waals surface area contributed by atoms with Crippen molar-refractivity contribution in [2.75, 3.05) is 38.2 Å². The Kier molecular flexibility index (Phi) is 7.09. The molecule has 1 heterocycles. The van der Waals surface area contributed by atoms with Gasteiger partial charge in [0.2, 0.25) is 5.91 Å². The summed E-state index contributed by atoms with van der Waals surface area (Å²) in [6, 6.07) is 0.0655. The quantitative estimate of drug-likeness (QED) is 0.651. The van der Waals surface area contributed by atoms with Crippen molar-refractivity contribution in [1.82, 2.24) is 10.2 Å². The van der Waals surface area contributed by atoms with E-state index in [1.807, 2.05) is 0 Å². The molecule has 0 aromatic rings. The average Bonchev–Trinajstić information content (AvgIpc) is 2.76. The fraction of sp³-hybridized carbons (Fsp3) is 0.929. The molecule has 1 fully saturated rings. The Balaban J connectivity index is 2.52. The summed E-state index contributed by atoms with van der Waals surface area (Å²) in [4.78, 5) is 14.2. The normalized spacial score (nSPS) is 23.7. The minimum Gasteiger partial charge on any atom is -0.396 e. The summed E-state index contributed by atoms with van der Waals surface area (Å²) in [7, 11) is -3.10. The Hall–Kier alpha value is -0.660. The molecule has 2 atom stereocenters. The number of aliphatic hydroxyl groups is 1. The number of nitrogens with one attached hydrogen (secondary N) is 1. The lowest BCUT2D eigenvalue weighted by molar-refractivity contribution is -0.121. The van der Waals surface area contributed by atoms with E-state index >= 15 is 0 Å². The highest BCUT2D eigenvalue weighted by molar-refractivity contribution is 7.90. The molecular formula is C14H28N2O4S. The topological polar surface area (TPSA) is 86.7 Å². The van der Waals surface area contributed by atoms with Crippen LogP contribution in [0.25, 0.3) is 0 Å². The van der Waals surface area contributed by atoms with E-state index in [0.717, 1.165) is 32.3 Å². The third-order valence-electron chi connectivity index (χ3n) is 3.98. The van der Waals surface area contributed by atoms with Crippen molar-refractivity contribution in [2.24, 2.45) is 11.8 Å². The van der Waals surface area contributed by atoms with Crippen LogP contribution < -0.4 is 5.32 Å². The molecule has 0 radical (unpaired) electrons. The Labute approximate surface area is 127 Å². The van der Waals surface area contributed by atoms with Gasteiger partial charge in [-0.25, -0.2) is 8.42 Å². The highest BCUT2D eigenvalue weighted by Gasteiger charge is 2.35. The zero-order valence-electron chi connectivity index (χ0n) is 13.2. The largest absolute Gasteiger partial charge is 0.396 e. The fourth-order valence-electron chi connectivity index (χ4n) is 2.78. The molecule has 1 rings (SSSR count). The number of likely N-dealkylation sites (tertiary alicyclic amines) is 1. The molecular weight excluding hydrogens is 292 g/mol. The Morgan fingerprint density at radius 1 is 1.38 bits per heavy atom. The van der Waals surface area contributed by atoms with E-state index in [1.54, 1.807) is 0 Å². The van der Waals surface area contributed by atoms with E-state index < -0.39 is 9.84 Å². The number of hydrogen-bond donors (Lipinski definition) is 2. The van der Waals surface area contributed by atoms with E-state index in [9.17, 15) is 13.2 Å². The molecule has 1 aliphatic rings. The van der Waals surface area contributed by atoms with Crippen LogP contribution in [0.2, 0.25) is 0 Å². The van der Waals surface area contributed by atoms with Gasteiger partial charge >= 0.3 is 0 Å². The number of carbonyl (C=O) groups is 1. The summed E-state index contributed by atoms with van der Waals surface area (Å²) in [5, 5.41) is 11.9. The van der Waals surface area contributed by atoms with E-state index in [4.69, 9.17) is 5.11 Å². The van der Waals surface area contributed by atoms with Gasteiger partial charge in [-0.2, -0.15) is 0 Å². The van der Waals surface area contributed by atoms with Crippen LogP contribution in [0.1, 0.15) is 26.7 Å². The van der Waals surface area contributed by atoms with Crippen LogP contribution in [0.3, 0.4) is 0 Å². The zero-order chi connectivity index (χ0) is 16.0. The van der Waals surface area contributed by atoms with Crippen molar-refractivity contribution in [2.45, 2.75) is 32.7 Å². The summed E-state index contributed by atoms with van der Waals surface area (Å²) in [6.45, 7) is 6.96. The molecule has 124 valence electrons. The maximum Gasteiger partial charge on any atom is 0.221 e. The summed E-state index contributed by atoms with van der Waals surface area (Å²) in [6.07, 6.45) is 1.90. The molecule has 0 bridgehead atoms. The third-order valence-corrected chi connectivity index (χ3v) is 4.92. The Morgan fingerprint density at radius 2 is 2.05 bits per heavy atom. The Bertz CT molecular complexity index is 436. The molecule has 1 aliphatic heterocycles. The number of amides is 1. The number of sulfone groups is 1. The minimum absolute atomic E-state index is 0.0246. The monoisotopic (exact) mass is 320 g/mol. The second kappa shape index (κ2) is 8.10. The van der Waals surface area contributed by atoms with Crippen LogP contribution in [0.4, 0.5) is 0 Å². The van der Waals surface area contributed by atoms with Crippen LogP contribution >= 0.6 is 0 Å². The van der Waals surface area contributed by atoms with Crippen molar-refractivity contribution in [3.05, 3.63) is 0 Å². The standard InChI is InChI=1S/C14H28N2O4S/c1-11(2)12-9-16(6-4-7-17)10-13(12)15-14(18)5-8-21(3,19)20/h11-13,17H,4-10H2,1-3H3,(H,15,18)/t12-,13+/m1/s1. The molecule has 0 aliphatic carbocycles. The maximum atomic E-state index is 11.9. The van der Waals surface area contributed by atoms with Crippen LogP contribution in [0.15, 0.2) is 0 Å².